The average molecular weight is 258 g/mol. The van der Waals surface area contributed by atoms with Gasteiger partial charge in [0, 0.05) is 13.6 Å². The number of rotatable bonds is 2. The number of hydrogen-bond donors (Lipinski definition) is 2. The van der Waals surface area contributed by atoms with Crippen LogP contribution in [-0.2, 0) is 4.79 Å². The molecule has 0 saturated carbocycles. The average Bonchev–Trinajstić information content (AvgIpc) is 2.25. The van der Waals surface area contributed by atoms with E-state index >= 15 is 0 Å². The summed E-state index contributed by atoms with van der Waals surface area (Å²) in [5.74, 6) is -1.05. The highest BCUT2D eigenvalue weighted by Crippen LogP contribution is 2.23. The zero-order valence-corrected chi connectivity index (χ0v) is 11.4. The summed E-state index contributed by atoms with van der Waals surface area (Å²) in [6.45, 7) is 5.44. The number of piperidine rings is 1. The van der Waals surface area contributed by atoms with Crippen molar-refractivity contribution in [3.8, 4) is 0 Å². The number of nitrogens with zero attached hydrogens (tertiary/aromatic N) is 2. The highest BCUT2D eigenvalue weighted by atomic mass is 16.4. The normalized spacial score (nSPS) is 24.8. The van der Waals surface area contributed by atoms with Gasteiger partial charge in [0.15, 0.2) is 0 Å². The monoisotopic (exact) mass is 258 g/mol. The van der Waals surface area contributed by atoms with Crippen molar-refractivity contribution in [2.45, 2.75) is 44.8 Å². The Hall–Kier alpha value is -1.30. The lowest BCUT2D eigenvalue weighted by Gasteiger charge is -2.41. The number of likely N-dealkylation sites (tertiary alicyclic amines) is 1. The van der Waals surface area contributed by atoms with Gasteiger partial charge in [-0.25, -0.2) is 9.59 Å². The molecule has 0 aromatic rings. The standard InChI is InChI=1S/C12H22N2O4/c1-11(2,9(15)16)13(4)10(17)14-7-5-6-12(3,18)8-14/h18H,5-8H2,1-4H3,(H,15,16). The van der Waals surface area contributed by atoms with Crippen LogP contribution < -0.4 is 0 Å². The Morgan fingerprint density at radius 1 is 1.39 bits per heavy atom. The Kier molecular flexibility index (Phi) is 3.90. The number of likely N-dealkylation sites (N-methyl/N-ethyl adjacent to an activating group) is 1. The third kappa shape index (κ3) is 2.93. The molecule has 1 atom stereocenters. The van der Waals surface area contributed by atoms with E-state index in [0.717, 1.165) is 6.42 Å². The minimum Gasteiger partial charge on any atom is -0.480 e. The first kappa shape index (κ1) is 14.8. The fourth-order valence-corrected chi connectivity index (χ4v) is 1.98. The van der Waals surface area contributed by atoms with Gasteiger partial charge in [0.25, 0.3) is 0 Å². The predicted octanol–water partition coefficient (Wildman–Crippen LogP) is 0.748. The molecule has 0 aromatic heterocycles. The predicted molar refractivity (Wildman–Crippen MR) is 66.3 cm³/mol. The van der Waals surface area contributed by atoms with Crippen molar-refractivity contribution in [2.24, 2.45) is 0 Å². The van der Waals surface area contributed by atoms with Crippen LogP contribution in [0.4, 0.5) is 4.79 Å². The van der Waals surface area contributed by atoms with Crippen molar-refractivity contribution in [1.29, 1.82) is 0 Å². The van der Waals surface area contributed by atoms with E-state index < -0.39 is 17.1 Å². The highest BCUT2D eigenvalue weighted by Gasteiger charge is 2.39. The van der Waals surface area contributed by atoms with Crippen LogP contribution in [0.15, 0.2) is 0 Å². The van der Waals surface area contributed by atoms with Gasteiger partial charge in [-0.3, -0.25) is 0 Å². The van der Waals surface area contributed by atoms with E-state index in [2.05, 4.69) is 0 Å². The molecule has 1 aliphatic rings. The van der Waals surface area contributed by atoms with Gasteiger partial charge in [0.2, 0.25) is 0 Å². The van der Waals surface area contributed by atoms with Crippen LogP contribution in [-0.4, -0.2) is 63.3 Å². The van der Waals surface area contributed by atoms with Gasteiger partial charge < -0.3 is 20.0 Å². The van der Waals surface area contributed by atoms with Crippen LogP contribution in [0.2, 0.25) is 0 Å². The van der Waals surface area contributed by atoms with E-state index in [9.17, 15) is 14.7 Å². The molecule has 0 aliphatic carbocycles. The fourth-order valence-electron chi connectivity index (χ4n) is 1.98. The number of carboxylic acid groups (broad SMARTS) is 1. The van der Waals surface area contributed by atoms with Gasteiger partial charge in [0.1, 0.15) is 5.54 Å². The number of carboxylic acids is 1. The maximum Gasteiger partial charge on any atom is 0.329 e. The summed E-state index contributed by atoms with van der Waals surface area (Å²) in [6, 6.07) is -0.359. The first-order chi connectivity index (χ1) is 8.08. The minimum absolute atomic E-state index is 0.242. The SMILES string of the molecule is CN(C(=O)N1CCCC(C)(O)C1)C(C)(C)C(=O)O. The molecule has 104 valence electrons. The summed E-state index contributed by atoms with van der Waals surface area (Å²) in [5, 5.41) is 19.1. The molecule has 2 N–H and O–H groups in total. The minimum atomic E-state index is -1.26. The first-order valence-electron chi connectivity index (χ1n) is 6.06. The van der Waals surface area contributed by atoms with Crippen LogP contribution in [0.3, 0.4) is 0 Å². The summed E-state index contributed by atoms with van der Waals surface area (Å²) < 4.78 is 0. The van der Waals surface area contributed by atoms with Crippen LogP contribution in [0.5, 0.6) is 0 Å². The zero-order valence-electron chi connectivity index (χ0n) is 11.4. The number of aliphatic hydroxyl groups is 1. The number of aliphatic carboxylic acids is 1. The number of urea groups is 1. The van der Waals surface area contributed by atoms with Crippen LogP contribution in [0, 0.1) is 0 Å². The molecule has 0 radical (unpaired) electrons. The number of carbonyl (C=O) groups excluding carboxylic acids is 1. The van der Waals surface area contributed by atoms with Crippen molar-refractivity contribution < 1.29 is 19.8 Å². The molecule has 1 rings (SSSR count). The lowest BCUT2D eigenvalue weighted by Crippen LogP contribution is -2.58. The molecule has 1 fully saturated rings. The number of amides is 2. The molecule has 0 spiro atoms. The lowest BCUT2D eigenvalue weighted by atomic mass is 9.95. The second-order valence-electron chi connectivity index (χ2n) is 5.73. The maximum atomic E-state index is 12.2. The molecule has 6 nitrogen and oxygen atoms in total. The Bertz CT molecular complexity index is 352. The molecule has 18 heavy (non-hydrogen) atoms. The van der Waals surface area contributed by atoms with E-state index in [0.29, 0.717) is 13.0 Å². The Morgan fingerprint density at radius 2 is 1.94 bits per heavy atom. The van der Waals surface area contributed by atoms with Gasteiger partial charge in [-0.05, 0) is 33.6 Å². The molecule has 1 unspecified atom stereocenters. The van der Waals surface area contributed by atoms with E-state index in [4.69, 9.17) is 5.11 Å². The van der Waals surface area contributed by atoms with Gasteiger partial charge in [-0.1, -0.05) is 0 Å². The summed E-state index contributed by atoms with van der Waals surface area (Å²) in [4.78, 5) is 26.0. The molecular weight excluding hydrogens is 236 g/mol. The third-order valence-electron chi connectivity index (χ3n) is 3.59. The van der Waals surface area contributed by atoms with Gasteiger partial charge in [-0.15, -0.1) is 0 Å². The summed E-state index contributed by atoms with van der Waals surface area (Å²) >= 11 is 0. The number of carbonyl (C=O) groups is 2. The van der Waals surface area contributed by atoms with Crippen molar-refractivity contribution in [3.63, 3.8) is 0 Å². The fraction of sp³-hybridized carbons (Fsp3) is 0.833. The van der Waals surface area contributed by atoms with Gasteiger partial charge in [-0.2, -0.15) is 0 Å². The van der Waals surface area contributed by atoms with Crippen molar-refractivity contribution in [3.05, 3.63) is 0 Å². The Balaban J connectivity index is 2.78. The van der Waals surface area contributed by atoms with Crippen LogP contribution in [0.25, 0.3) is 0 Å². The second kappa shape index (κ2) is 4.76. The van der Waals surface area contributed by atoms with E-state index in [-0.39, 0.29) is 12.6 Å². The molecular formula is C12H22N2O4. The van der Waals surface area contributed by atoms with Crippen LogP contribution in [0.1, 0.15) is 33.6 Å². The second-order valence-corrected chi connectivity index (χ2v) is 5.73. The summed E-state index contributed by atoms with van der Waals surface area (Å²) in [6.07, 6.45) is 1.38. The molecule has 0 aromatic carbocycles. The maximum absolute atomic E-state index is 12.2. The largest absolute Gasteiger partial charge is 0.480 e. The van der Waals surface area contributed by atoms with E-state index in [1.54, 1.807) is 6.92 Å². The Labute approximate surface area is 107 Å². The first-order valence-corrected chi connectivity index (χ1v) is 6.06. The van der Waals surface area contributed by atoms with Gasteiger partial charge >= 0.3 is 12.0 Å². The lowest BCUT2D eigenvalue weighted by molar-refractivity contribution is -0.147. The van der Waals surface area contributed by atoms with Crippen molar-refractivity contribution in [2.75, 3.05) is 20.1 Å². The summed E-state index contributed by atoms with van der Waals surface area (Å²) in [7, 11) is 1.47. The van der Waals surface area contributed by atoms with Crippen molar-refractivity contribution in [1.82, 2.24) is 9.80 Å². The van der Waals surface area contributed by atoms with Gasteiger partial charge in [0.05, 0.1) is 12.1 Å². The molecule has 1 aliphatic heterocycles. The van der Waals surface area contributed by atoms with Crippen LogP contribution >= 0.6 is 0 Å². The molecule has 2 amide bonds. The molecule has 0 bridgehead atoms. The highest BCUT2D eigenvalue weighted by molar-refractivity contribution is 5.85. The van der Waals surface area contributed by atoms with Crippen molar-refractivity contribution >= 4 is 12.0 Å². The smallest absolute Gasteiger partial charge is 0.329 e. The molecule has 1 heterocycles. The third-order valence-corrected chi connectivity index (χ3v) is 3.59. The summed E-state index contributed by atoms with van der Waals surface area (Å²) in [5.41, 5.74) is -2.15. The number of β-amino-alcohol motifs (C(OH)–C–C–N with tert-alkyl or cyclic N) is 1. The zero-order chi connectivity index (χ0) is 14.1. The molecule has 1 saturated heterocycles. The Morgan fingerprint density at radius 3 is 2.39 bits per heavy atom. The number of hydrogen-bond acceptors (Lipinski definition) is 3. The van der Waals surface area contributed by atoms with E-state index in [1.165, 1.54) is 30.7 Å². The molecule has 6 heteroatoms. The topological polar surface area (TPSA) is 81.1 Å². The van der Waals surface area contributed by atoms with E-state index in [1.807, 2.05) is 0 Å². The quantitative estimate of drug-likeness (QED) is 0.765.